The zero-order valence-corrected chi connectivity index (χ0v) is 32.4. The molecular weight excluding hydrogens is 679 g/mol. The molecular formula is C40H63N5O6S. The van der Waals surface area contributed by atoms with Gasteiger partial charge in [0.15, 0.2) is 5.17 Å². The van der Waals surface area contributed by atoms with Crippen molar-refractivity contribution in [2.24, 2.45) is 15.7 Å². The minimum Gasteiger partial charge on any atom is -0.481 e. The van der Waals surface area contributed by atoms with Crippen molar-refractivity contribution in [1.82, 2.24) is 10.2 Å². The molecule has 0 bridgehead atoms. The third kappa shape index (κ3) is 16.1. The number of unbranched alkanes of at least 4 members (excludes halogenated alkanes) is 11. The first-order chi connectivity index (χ1) is 25.2. The average molecular weight is 742 g/mol. The van der Waals surface area contributed by atoms with Crippen LogP contribution in [0.2, 0.25) is 0 Å². The summed E-state index contributed by atoms with van der Waals surface area (Å²) in [6.07, 6.45) is 21.0. The van der Waals surface area contributed by atoms with Crippen molar-refractivity contribution in [2.45, 2.75) is 160 Å². The summed E-state index contributed by atoms with van der Waals surface area (Å²) < 4.78 is 5.57. The normalized spacial score (nSPS) is 18.8. The molecule has 1 heterocycles. The maximum atomic E-state index is 13.4. The van der Waals surface area contributed by atoms with E-state index in [1.807, 2.05) is 11.8 Å². The Balaban J connectivity index is 1.52. The fraction of sp³-hybridized carbons (Fsp3) is 0.700. The van der Waals surface area contributed by atoms with Gasteiger partial charge < -0.3 is 25.8 Å². The number of aliphatic carboxylic acids is 1. The quantitative estimate of drug-likeness (QED) is 0.0418. The number of rotatable bonds is 24. The van der Waals surface area contributed by atoms with Gasteiger partial charge in [-0.15, -0.1) is 0 Å². The summed E-state index contributed by atoms with van der Waals surface area (Å²) in [4.78, 5) is 60.4. The number of amides is 2. The summed E-state index contributed by atoms with van der Waals surface area (Å²) in [5, 5.41) is 11.7. The Hall–Kier alpha value is -3.41. The van der Waals surface area contributed by atoms with Crippen molar-refractivity contribution in [3.05, 3.63) is 35.4 Å². The Morgan fingerprint density at radius 1 is 0.865 bits per heavy atom. The molecule has 3 rings (SSSR count). The van der Waals surface area contributed by atoms with E-state index < -0.39 is 17.1 Å². The molecule has 0 radical (unpaired) electrons. The van der Waals surface area contributed by atoms with Crippen molar-refractivity contribution in [3.63, 3.8) is 0 Å². The predicted molar refractivity (Wildman–Crippen MR) is 210 cm³/mol. The smallest absolute Gasteiger partial charge is 0.306 e. The Labute approximate surface area is 315 Å². The number of amidine groups is 2. The van der Waals surface area contributed by atoms with Crippen LogP contribution in [0.25, 0.3) is 0 Å². The number of hydrogen-bond donors (Lipinski definition) is 3. The van der Waals surface area contributed by atoms with Crippen LogP contribution >= 0.6 is 11.8 Å². The van der Waals surface area contributed by atoms with Gasteiger partial charge in [0.25, 0.3) is 5.91 Å². The standard InChI is InChI=1S/C40H63N5O6S/c1-3-4-5-6-7-8-9-10-11-12-13-17-29-45-30(2)36(39(50)43-28-26-34(46)47)52-40(45)44-38(49)32-24-22-31(23-25-32)37(41)42-27-18-21-35(48)51-33-19-15-14-16-20-33/h22-25,30,33,36H,3-21,26-29H2,1-2H3,(H2,41,42)(H,43,50)(H,46,47). The maximum Gasteiger partial charge on any atom is 0.306 e. The van der Waals surface area contributed by atoms with Crippen LogP contribution in [0.3, 0.4) is 0 Å². The number of nitrogens with one attached hydrogen (secondary N) is 1. The van der Waals surface area contributed by atoms with E-state index in [1.54, 1.807) is 24.3 Å². The van der Waals surface area contributed by atoms with Crippen molar-refractivity contribution in [2.75, 3.05) is 19.6 Å². The monoisotopic (exact) mass is 741 g/mol. The number of carboxylic acids is 1. The lowest BCUT2D eigenvalue weighted by Gasteiger charge is -2.25. The summed E-state index contributed by atoms with van der Waals surface area (Å²) in [5.74, 6) is -1.50. The minimum absolute atomic E-state index is 0.0494. The van der Waals surface area contributed by atoms with Crippen LogP contribution in [0, 0.1) is 0 Å². The van der Waals surface area contributed by atoms with Crippen molar-refractivity contribution < 1.29 is 29.0 Å². The Morgan fingerprint density at radius 2 is 1.46 bits per heavy atom. The van der Waals surface area contributed by atoms with E-state index in [0.29, 0.717) is 48.1 Å². The number of carbonyl (C=O) groups excluding carboxylic acids is 3. The van der Waals surface area contributed by atoms with Crippen LogP contribution in [0.1, 0.15) is 158 Å². The van der Waals surface area contributed by atoms with Crippen LogP contribution in [0.4, 0.5) is 0 Å². The van der Waals surface area contributed by atoms with E-state index in [0.717, 1.165) is 44.9 Å². The van der Waals surface area contributed by atoms with Crippen molar-refractivity contribution >= 4 is 46.5 Å². The number of esters is 1. The number of nitrogens with zero attached hydrogens (tertiary/aromatic N) is 3. The fourth-order valence-corrected chi connectivity index (χ4v) is 7.96. The van der Waals surface area contributed by atoms with Gasteiger partial charge in [0, 0.05) is 43.2 Å². The molecule has 0 aromatic heterocycles. The second-order valence-corrected chi connectivity index (χ2v) is 15.3. The second kappa shape index (κ2) is 24.8. The van der Waals surface area contributed by atoms with Crippen LogP contribution in [-0.4, -0.2) is 81.8 Å². The highest BCUT2D eigenvalue weighted by Crippen LogP contribution is 2.33. The van der Waals surface area contributed by atoms with Crippen LogP contribution in [0.5, 0.6) is 0 Å². The topological polar surface area (TPSA) is 164 Å². The number of ether oxygens (including phenoxy) is 1. The molecule has 2 aliphatic rings. The molecule has 2 atom stereocenters. The molecule has 0 spiro atoms. The molecule has 1 aliphatic heterocycles. The van der Waals surface area contributed by atoms with Gasteiger partial charge in [-0.1, -0.05) is 108 Å². The lowest BCUT2D eigenvalue weighted by Crippen LogP contribution is -2.43. The first-order valence-electron chi connectivity index (χ1n) is 19.8. The Kier molecular flexibility index (Phi) is 20.5. The summed E-state index contributed by atoms with van der Waals surface area (Å²) in [5.41, 5.74) is 7.27. The first kappa shape index (κ1) is 43.0. The highest BCUT2D eigenvalue weighted by Gasteiger charge is 2.40. The number of carboxylic acid groups (broad SMARTS) is 1. The molecule has 2 fully saturated rings. The summed E-state index contributed by atoms with van der Waals surface area (Å²) in [6.45, 7) is 5.33. The number of hydrogen-bond acceptors (Lipinski definition) is 7. The number of nitrogens with two attached hydrogens (primary N) is 1. The molecule has 1 aromatic rings. The average Bonchev–Trinajstić information content (AvgIpc) is 3.44. The molecule has 1 aliphatic carbocycles. The van der Waals surface area contributed by atoms with Crippen LogP contribution in [-0.2, 0) is 19.1 Å². The van der Waals surface area contributed by atoms with Crippen LogP contribution in [0.15, 0.2) is 34.3 Å². The lowest BCUT2D eigenvalue weighted by molar-refractivity contribution is -0.150. The van der Waals surface area contributed by atoms with Gasteiger partial charge in [-0.25, -0.2) is 0 Å². The van der Waals surface area contributed by atoms with E-state index in [1.165, 1.54) is 76.0 Å². The number of aliphatic imine (C=N–C) groups is 2. The lowest BCUT2D eigenvalue weighted by atomic mass is 9.98. The highest BCUT2D eigenvalue weighted by molar-refractivity contribution is 8.15. The van der Waals surface area contributed by atoms with Gasteiger partial charge in [-0.3, -0.25) is 24.2 Å². The van der Waals surface area contributed by atoms with Gasteiger partial charge in [0.1, 0.15) is 17.2 Å². The van der Waals surface area contributed by atoms with E-state index in [-0.39, 0.29) is 37.0 Å². The molecule has 1 aromatic carbocycles. The largest absolute Gasteiger partial charge is 0.481 e. The Morgan fingerprint density at radius 3 is 2.08 bits per heavy atom. The zero-order chi connectivity index (χ0) is 37.6. The van der Waals surface area contributed by atoms with Gasteiger partial charge in [-0.05, 0) is 57.6 Å². The minimum atomic E-state index is -0.973. The third-order valence-corrected chi connectivity index (χ3v) is 11.3. The summed E-state index contributed by atoms with van der Waals surface area (Å²) in [7, 11) is 0. The molecule has 12 heteroatoms. The molecule has 11 nitrogen and oxygen atoms in total. The summed E-state index contributed by atoms with van der Waals surface area (Å²) >= 11 is 1.26. The van der Waals surface area contributed by atoms with Crippen molar-refractivity contribution in [1.29, 1.82) is 0 Å². The second-order valence-electron chi connectivity index (χ2n) is 14.2. The third-order valence-electron chi connectivity index (χ3n) is 9.85. The molecule has 1 saturated carbocycles. The fourth-order valence-electron chi connectivity index (χ4n) is 6.67. The highest BCUT2D eigenvalue weighted by atomic mass is 32.2. The maximum absolute atomic E-state index is 13.4. The number of carbonyl (C=O) groups is 4. The molecule has 52 heavy (non-hydrogen) atoms. The molecule has 290 valence electrons. The van der Waals surface area contributed by atoms with Gasteiger partial charge in [0.2, 0.25) is 5.91 Å². The van der Waals surface area contributed by atoms with Gasteiger partial charge >= 0.3 is 11.9 Å². The molecule has 2 amide bonds. The first-order valence-corrected chi connectivity index (χ1v) is 20.7. The number of thioether (sulfide) groups is 1. The van der Waals surface area contributed by atoms with E-state index in [9.17, 15) is 19.2 Å². The molecule has 1 saturated heterocycles. The molecule has 2 unspecified atom stereocenters. The van der Waals surface area contributed by atoms with E-state index in [2.05, 4.69) is 22.2 Å². The SMILES string of the molecule is CCCCCCCCCCCCCCN1C(=NC(=O)c2ccc(C(N)=NCCCC(=O)OC3CCCCC3)cc2)SC(C(=O)NCCC(=O)O)C1C. The van der Waals surface area contributed by atoms with Gasteiger partial charge in [-0.2, -0.15) is 4.99 Å². The predicted octanol–water partition coefficient (Wildman–Crippen LogP) is 7.64. The Bertz CT molecular complexity index is 1310. The zero-order valence-electron chi connectivity index (χ0n) is 31.6. The summed E-state index contributed by atoms with van der Waals surface area (Å²) in [6, 6.07) is 6.59. The van der Waals surface area contributed by atoms with E-state index in [4.69, 9.17) is 15.6 Å². The number of benzene rings is 1. The van der Waals surface area contributed by atoms with Gasteiger partial charge in [0.05, 0.1) is 6.42 Å². The van der Waals surface area contributed by atoms with Crippen LogP contribution < -0.4 is 11.1 Å². The van der Waals surface area contributed by atoms with E-state index >= 15 is 0 Å². The van der Waals surface area contributed by atoms with Crippen molar-refractivity contribution in [3.8, 4) is 0 Å². The molecule has 4 N–H and O–H groups in total.